The molecule has 2 amide bonds. The van der Waals surface area contributed by atoms with Crippen molar-refractivity contribution in [2.75, 3.05) is 42.3 Å². The van der Waals surface area contributed by atoms with Crippen molar-refractivity contribution < 1.29 is 14.3 Å². The summed E-state index contributed by atoms with van der Waals surface area (Å²) in [5.74, 6) is 0.255. The fourth-order valence-electron chi connectivity index (χ4n) is 3.19. The Morgan fingerprint density at radius 1 is 1.19 bits per heavy atom. The maximum atomic E-state index is 12.8. The third-order valence-electron chi connectivity index (χ3n) is 4.89. The Morgan fingerprint density at radius 3 is 2.53 bits per heavy atom. The van der Waals surface area contributed by atoms with E-state index in [0.29, 0.717) is 41.8 Å². The molecule has 0 saturated heterocycles. The third kappa shape index (κ3) is 5.09. The van der Waals surface area contributed by atoms with Gasteiger partial charge in [-0.1, -0.05) is 6.58 Å². The van der Waals surface area contributed by atoms with E-state index < -0.39 is 0 Å². The molecule has 2 aromatic heterocycles. The van der Waals surface area contributed by atoms with Crippen LogP contribution in [-0.4, -0.2) is 58.1 Å². The highest BCUT2D eigenvalue weighted by Crippen LogP contribution is 2.24. The maximum absolute atomic E-state index is 12.8. The second-order valence-electron chi connectivity index (χ2n) is 6.87. The summed E-state index contributed by atoms with van der Waals surface area (Å²) in [4.78, 5) is 39.6. The Morgan fingerprint density at radius 2 is 1.91 bits per heavy atom. The van der Waals surface area contributed by atoms with Gasteiger partial charge in [-0.3, -0.25) is 14.9 Å². The first-order valence-corrected chi connectivity index (χ1v) is 10.3. The largest absolute Gasteiger partial charge is 0.383 e. The van der Waals surface area contributed by atoms with Crippen molar-refractivity contribution in [1.82, 2.24) is 19.5 Å². The smallest absolute Gasteiger partial charge is 0.261 e. The molecular weight excluding hydrogens is 410 g/mol. The number of anilines is 3. The summed E-state index contributed by atoms with van der Waals surface area (Å²) in [5, 5.41) is 5.54. The van der Waals surface area contributed by atoms with Gasteiger partial charge in [-0.15, -0.1) is 0 Å². The Labute approximate surface area is 186 Å². The number of amides is 2. The van der Waals surface area contributed by atoms with Crippen LogP contribution in [0.3, 0.4) is 0 Å². The number of carbonyl (C=O) groups excluding carboxylic acids is 2. The number of imidazole rings is 1. The molecule has 0 bridgehead atoms. The summed E-state index contributed by atoms with van der Waals surface area (Å²) in [5.41, 5.74) is 2.32. The van der Waals surface area contributed by atoms with Crippen molar-refractivity contribution in [3.05, 3.63) is 48.8 Å². The number of benzene rings is 1. The zero-order chi connectivity index (χ0) is 23.1. The molecule has 0 aliphatic heterocycles. The second kappa shape index (κ2) is 10.5. The number of nitrogens with one attached hydrogen (secondary N) is 2. The van der Waals surface area contributed by atoms with E-state index in [2.05, 4.69) is 32.2 Å². The number of fused-ring (bicyclic) bond motifs is 1. The fraction of sp³-hybridized carbons (Fsp3) is 0.318. The number of hydrogen-bond acceptors (Lipinski definition) is 7. The van der Waals surface area contributed by atoms with Gasteiger partial charge in [0.15, 0.2) is 0 Å². The maximum Gasteiger partial charge on any atom is 0.261 e. The Balaban J connectivity index is 1.88. The van der Waals surface area contributed by atoms with Crippen LogP contribution in [0.2, 0.25) is 0 Å². The fourth-order valence-corrected chi connectivity index (χ4v) is 3.19. The zero-order valence-corrected chi connectivity index (χ0v) is 18.5. The van der Waals surface area contributed by atoms with E-state index in [1.165, 1.54) is 18.5 Å². The number of aromatic nitrogens is 4. The Kier molecular flexibility index (Phi) is 7.50. The normalized spacial score (nSPS) is 10.7. The summed E-state index contributed by atoms with van der Waals surface area (Å²) >= 11 is 0. The number of methoxy groups -OCH3 is 1. The van der Waals surface area contributed by atoms with Crippen molar-refractivity contribution >= 4 is 40.4 Å². The van der Waals surface area contributed by atoms with Crippen LogP contribution in [0, 0.1) is 0 Å². The average Bonchev–Trinajstić information content (AvgIpc) is 3.14. The summed E-state index contributed by atoms with van der Waals surface area (Å²) in [6.45, 7) is 9.97. The van der Waals surface area contributed by atoms with Crippen molar-refractivity contribution in [3.63, 3.8) is 0 Å². The minimum atomic E-state index is -0.370. The topological polar surface area (TPSA) is 114 Å². The monoisotopic (exact) mass is 437 g/mol. The lowest BCUT2D eigenvalue weighted by Gasteiger charge is -2.18. The van der Waals surface area contributed by atoms with Crippen molar-refractivity contribution in [1.29, 1.82) is 0 Å². The van der Waals surface area contributed by atoms with Crippen molar-refractivity contribution in [2.45, 2.75) is 20.4 Å². The SMILES string of the molecule is C=CC(=O)Nc1ccc2c(c1)nc(NC(=O)c1cnc(N(CC)CC)nc1)n2CCOC. The second-order valence-corrected chi connectivity index (χ2v) is 6.87. The number of rotatable bonds is 10. The highest BCUT2D eigenvalue weighted by molar-refractivity contribution is 6.04. The van der Waals surface area contributed by atoms with Crippen LogP contribution in [0.5, 0.6) is 0 Å². The van der Waals surface area contributed by atoms with E-state index >= 15 is 0 Å². The van der Waals surface area contributed by atoms with Gasteiger partial charge >= 0.3 is 0 Å². The number of carbonyl (C=O) groups is 2. The summed E-state index contributed by atoms with van der Waals surface area (Å²) in [7, 11) is 1.61. The molecule has 10 nitrogen and oxygen atoms in total. The van der Waals surface area contributed by atoms with Crippen LogP contribution in [0.15, 0.2) is 43.2 Å². The van der Waals surface area contributed by atoms with Gasteiger partial charge in [0.2, 0.25) is 17.8 Å². The molecule has 3 rings (SSSR count). The zero-order valence-electron chi connectivity index (χ0n) is 18.5. The van der Waals surface area contributed by atoms with Crippen LogP contribution in [0.4, 0.5) is 17.6 Å². The van der Waals surface area contributed by atoms with E-state index in [1.54, 1.807) is 19.2 Å². The van der Waals surface area contributed by atoms with E-state index in [9.17, 15) is 9.59 Å². The minimum absolute atomic E-state index is 0.315. The predicted octanol–water partition coefficient (Wildman–Crippen LogP) is 2.70. The molecule has 0 fully saturated rings. The van der Waals surface area contributed by atoms with Gasteiger partial charge < -0.3 is 19.5 Å². The van der Waals surface area contributed by atoms with Crippen LogP contribution in [0.25, 0.3) is 11.0 Å². The molecule has 0 aliphatic rings. The van der Waals surface area contributed by atoms with Crippen LogP contribution >= 0.6 is 0 Å². The molecule has 2 N–H and O–H groups in total. The molecule has 0 atom stereocenters. The Bertz CT molecular complexity index is 1100. The first-order valence-electron chi connectivity index (χ1n) is 10.3. The molecule has 0 radical (unpaired) electrons. The van der Waals surface area contributed by atoms with Crippen molar-refractivity contribution in [3.8, 4) is 0 Å². The quantitative estimate of drug-likeness (QED) is 0.469. The van der Waals surface area contributed by atoms with Gasteiger partial charge in [0, 0.05) is 44.8 Å². The predicted molar refractivity (Wildman–Crippen MR) is 124 cm³/mol. The number of ether oxygens (including phenoxy) is 1. The molecule has 168 valence electrons. The molecule has 0 unspecified atom stereocenters. The van der Waals surface area contributed by atoms with Gasteiger partial charge in [0.25, 0.3) is 5.91 Å². The summed E-state index contributed by atoms with van der Waals surface area (Å²) < 4.78 is 7.05. The highest BCUT2D eigenvalue weighted by atomic mass is 16.5. The molecule has 10 heteroatoms. The van der Waals surface area contributed by atoms with E-state index in [1.807, 2.05) is 29.4 Å². The molecule has 0 aliphatic carbocycles. The molecular formula is C22H27N7O3. The van der Waals surface area contributed by atoms with E-state index in [0.717, 1.165) is 18.6 Å². The van der Waals surface area contributed by atoms with E-state index in [4.69, 9.17) is 4.74 Å². The molecule has 32 heavy (non-hydrogen) atoms. The van der Waals surface area contributed by atoms with Crippen molar-refractivity contribution in [2.24, 2.45) is 0 Å². The van der Waals surface area contributed by atoms with Crippen LogP contribution < -0.4 is 15.5 Å². The van der Waals surface area contributed by atoms with Gasteiger partial charge in [0.05, 0.1) is 23.2 Å². The average molecular weight is 438 g/mol. The summed E-state index contributed by atoms with van der Waals surface area (Å²) in [6, 6.07) is 5.33. The van der Waals surface area contributed by atoms with Gasteiger partial charge in [-0.05, 0) is 38.1 Å². The molecule has 0 saturated carbocycles. The van der Waals surface area contributed by atoms with Gasteiger partial charge in [-0.25, -0.2) is 15.0 Å². The number of nitrogens with zero attached hydrogens (tertiary/aromatic N) is 5. The lowest BCUT2D eigenvalue weighted by molar-refractivity contribution is -0.111. The number of hydrogen-bond donors (Lipinski definition) is 2. The standard InChI is InChI=1S/C22H27N7O3/c1-5-19(30)25-16-8-9-18-17(12-16)26-22(29(18)10-11-32-4)27-20(31)15-13-23-21(24-14-15)28(6-2)7-3/h5,8-9,12-14H,1,6-7,10-11H2,2-4H3,(H,25,30)(H,26,27,31). The third-order valence-corrected chi connectivity index (χ3v) is 4.89. The molecule has 2 heterocycles. The summed E-state index contributed by atoms with van der Waals surface area (Å²) in [6.07, 6.45) is 4.20. The minimum Gasteiger partial charge on any atom is -0.383 e. The Hall–Kier alpha value is -3.79. The molecule has 0 spiro atoms. The van der Waals surface area contributed by atoms with Crippen LogP contribution in [-0.2, 0) is 16.1 Å². The van der Waals surface area contributed by atoms with Gasteiger partial charge in [0.1, 0.15) is 0 Å². The van der Waals surface area contributed by atoms with Crippen LogP contribution in [0.1, 0.15) is 24.2 Å². The lowest BCUT2D eigenvalue weighted by Crippen LogP contribution is -2.24. The lowest BCUT2D eigenvalue weighted by atomic mass is 10.2. The first-order chi connectivity index (χ1) is 15.5. The van der Waals surface area contributed by atoms with E-state index in [-0.39, 0.29) is 11.8 Å². The molecule has 1 aromatic carbocycles. The molecule has 3 aromatic rings. The van der Waals surface area contributed by atoms with Gasteiger partial charge in [-0.2, -0.15) is 0 Å². The highest BCUT2D eigenvalue weighted by Gasteiger charge is 2.16. The first kappa shape index (κ1) is 22.9.